The van der Waals surface area contributed by atoms with Gasteiger partial charge in [-0.15, -0.1) is 0 Å². The lowest BCUT2D eigenvalue weighted by molar-refractivity contribution is 0.372. The van der Waals surface area contributed by atoms with Crippen molar-refractivity contribution in [2.75, 3.05) is 13.1 Å². The van der Waals surface area contributed by atoms with E-state index in [1.165, 1.54) is 30.5 Å². The first kappa shape index (κ1) is 10.8. The number of furan rings is 1. The second kappa shape index (κ2) is 4.49. The van der Waals surface area contributed by atoms with Gasteiger partial charge in [0.15, 0.2) is 0 Å². The third-order valence-electron chi connectivity index (χ3n) is 3.59. The molecule has 1 saturated heterocycles. The summed E-state index contributed by atoms with van der Waals surface area (Å²) >= 11 is 0. The van der Waals surface area contributed by atoms with Gasteiger partial charge in [-0.2, -0.15) is 0 Å². The third-order valence-corrected chi connectivity index (χ3v) is 3.59. The number of piperidine rings is 1. The van der Waals surface area contributed by atoms with Crippen molar-refractivity contribution in [1.29, 1.82) is 0 Å². The van der Waals surface area contributed by atoms with Crippen LogP contribution in [0.3, 0.4) is 0 Å². The van der Waals surface area contributed by atoms with Crippen LogP contribution in [0.25, 0.3) is 11.0 Å². The molecule has 17 heavy (non-hydrogen) atoms. The zero-order valence-electron chi connectivity index (χ0n) is 9.71. The zero-order chi connectivity index (χ0) is 11.7. The minimum atomic E-state index is -0.236. The van der Waals surface area contributed by atoms with Crippen molar-refractivity contribution in [3.63, 3.8) is 0 Å². The van der Waals surface area contributed by atoms with Gasteiger partial charge in [-0.25, -0.2) is 4.39 Å². The Morgan fingerprint density at radius 1 is 1.29 bits per heavy atom. The molecule has 0 aliphatic carbocycles. The molecule has 1 fully saturated rings. The highest BCUT2D eigenvalue weighted by Crippen LogP contribution is 2.26. The predicted octanol–water partition coefficient (Wildman–Crippen LogP) is 3.11. The average molecular weight is 233 g/mol. The van der Waals surface area contributed by atoms with Crippen molar-refractivity contribution in [2.45, 2.75) is 19.3 Å². The van der Waals surface area contributed by atoms with E-state index in [4.69, 9.17) is 4.42 Å². The number of benzene rings is 1. The SMILES string of the molecule is Fc1ccc2c(CC3CCNCC3)coc2c1. The quantitative estimate of drug-likeness (QED) is 0.862. The minimum Gasteiger partial charge on any atom is -0.464 e. The van der Waals surface area contributed by atoms with Gasteiger partial charge in [-0.05, 0) is 56.0 Å². The number of rotatable bonds is 2. The Morgan fingerprint density at radius 2 is 2.12 bits per heavy atom. The molecule has 3 heteroatoms. The van der Waals surface area contributed by atoms with Gasteiger partial charge in [-0.3, -0.25) is 0 Å². The Bertz CT molecular complexity index is 514. The fourth-order valence-corrected chi connectivity index (χ4v) is 2.61. The van der Waals surface area contributed by atoms with Crippen molar-refractivity contribution < 1.29 is 8.81 Å². The Morgan fingerprint density at radius 3 is 2.94 bits per heavy atom. The van der Waals surface area contributed by atoms with Crippen molar-refractivity contribution in [3.05, 3.63) is 35.8 Å². The lowest BCUT2D eigenvalue weighted by Gasteiger charge is -2.21. The van der Waals surface area contributed by atoms with Crippen LogP contribution in [-0.2, 0) is 6.42 Å². The Kier molecular flexibility index (Phi) is 2.85. The molecule has 1 N–H and O–H groups in total. The molecule has 0 bridgehead atoms. The predicted molar refractivity (Wildman–Crippen MR) is 65.5 cm³/mol. The van der Waals surface area contributed by atoms with E-state index in [1.807, 2.05) is 6.07 Å². The summed E-state index contributed by atoms with van der Waals surface area (Å²) in [4.78, 5) is 0. The summed E-state index contributed by atoms with van der Waals surface area (Å²) in [5, 5.41) is 4.43. The summed E-state index contributed by atoms with van der Waals surface area (Å²) in [6.07, 6.45) is 5.26. The number of hydrogen-bond acceptors (Lipinski definition) is 2. The van der Waals surface area contributed by atoms with Gasteiger partial charge in [0, 0.05) is 11.5 Å². The van der Waals surface area contributed by atoms with Crippen LogP contribution in [0.4, 0.5) is 4.39 Å². The normalized spacial score (nSPS) is 17.7. The summed E-state index contributed by atoms with van der Waals surface area (Å²) in [5.41, 5.74) is 1.88. The molecule has 0 amide bonds. The van der Waals surface area contributed by atoms with E-state index in [0.29, 0.717) is 5.58 Å². The van der Waals surface area contributed by atoms with Crippen LogP contribution in [0.1, 0.15) is 18.4 Å². The highest BCUT2D eigenvalue weighted by atomic mass is 19.1. The molecule has 0 radical (unpaired) electrons. The number of nitrogens with one attached hydrogen (secondary N) is 1. The van der Waals surface area contributed by atoms with Crippen LogP contribution < -0.4 is 5.32 Å². The third kappa shape index (κ3) is 2.20. The smallest absolute Gasteiger partial charge is 0.137 e. The van der Waals surface area contributed by atoms with Crippen LogP contribution in [0.2, 0.25) is 0 Å². The monoisotopic (exact) mass is 233 g/mol. The lowest BCUT2D eigenvalue weighted by atomic mass is 9.91. The molecule has 2 heterocycles. The highest BCUT2D eigenvalue weighted by molar-refractivity contribution is 5.81. The second-order valence-electron chi connectivity index (χ2n) is 4.80. The van der Waals surface area contributed by atoms with Gasteiger partial charge in [0.1, 0.15) is 11.4 Å². The van der Waals surface area contributed by atoms with Gasteiger partial charge >= 0.3 is 0 Å². The molecule has 1 aliphatic rings. The van der Waals surface area contributed by atoms with Crippen molar-refractivity contribution in [1.82, 2.24) is 5.32 Å². The summed E-state index contributed by atoms with van der Waals surface area (Å²) in [6, 6.07) is 4.79. The molecule has 1 aliphatic heterocycles. The van der Waals surface area contributed by atoms with E-state index in [9.17, 15) is 4.39 Å². The molecule has 2 nitrogen and oxygen atoms in total. The number of fused-ring (bicyclic) bond motifs is 1. The van der Waals surface area contributed by atoms with Crippen LogP contribution in [-0.4, -0.2) is 13.1 Å². The van der Waals surface area contributed by atoms with E-state index >= 15 is 0 Å². The maximum absolute atomic E-state index is 13.0. The second-order valence-corrected chi connectivity index (χ2v) is 4.80. The summed E-state index contributed by atoms with van der Waals surface area (Å²) < 4.78 is 18.5. The lowest BCUT2D eigenvalue weighted by Crippen LogP contribution is -2.28. The molecule has 90 valence electrons. The van der Waals surface area contributed by atoms with E-state index in [0.717, 1.165) is 30.8 Å². The van der Waals surface area contributed by atoms with Crippen LogP contribution in [0.15, 0.2) is 28.9 Å². The first-order chi connectivity index (χ1) is 8.33. The number of halogens is 1. The Labute approximate surface area is 99.8 Å². The zero-order valence-corrected chi connectivity index (χ0v) is 9.71. The minimum absolute atomic E-state index is 0.236. The van der Waals surface area contributed by atoms with Gasteiger partial charge in [-0.1, -0.05) is 0 Å². The maximum atomic E-state index is 13.0. The fraction of sp³-hybridized carbons (Fsp3) is 0.429. The van der Waals surface area contributed by atoms with Crippen LogP contribution >= 0.6 is 0 Å². The largest absolute Gasteiger partial charge is 0.464 e. The first-order valence-corrected chi connectivity index (χ1v) is 6.19. The topological polar surface area (TPSA) is 25.2 Å². The Balaban J connectivity index is 1.84. The highest BCUT2D eigenvalue weighted by Gasteiger charge is 2.16. The number of hydrogen-bond donors (Lipinski definition) is 1. The van der Waals surface area contributed by atoms with Gasteiger partial charge < -0.3 is 9.73 Å². The van der Waals surface area contributed by atoms with E-state index in [1.54, 1.807) is 6.26 Å². The van der Waals surface area contributed by atoms with E-state index in [-0.39, 0.29) is 5.82 Å². The molecule has 0 saturated carbocycles. The molecule has 3 rings (SSSR count). The molecular weight excluding hydrogens is 217 g/mol. The maximum Gasteiger partial charge on any atom is 0.137 e. The molecule has 1 aromatic heterocycles. The van der Waals surface area contributed by atoms with Gasteiger partial charge in [0.25, 0.3) is 0 Å². The molecular formula is C14H16FNO. The summed E-state index contributed by atoms with van der Waals surface area (Å²) in [5.74, 6) is 0.488. The molecule has 2 aromatic rings. The van der Waals surface area contributed by atoms with Gasteiger partial charge in [0.05, 0.1) is 6.26 Å². The van der Waals surface area contributed by atoms with Crippen molar-refractivity contribution in [3.8, 4) is 0 Å². The van der Waals surface area contributed by atoms with Crippen LogP contribution in [0, 0.1) is 11.7 Å². The first-order valence-electron chi connectivity index (χ1n) is 6.19. The fourth-order valence-electron chi connectivity index (χ4n) is 2.61. The van der Waals surface area contributed by atoms with E-state index in [2.05, 4.69) is 5.32 Å². The van der Waals surface area contributed by atoms with Crippen LogP contribution in [0.5, 0.6) is 0 Å². The summed E-state index contributed by atoms with van der Waals surface area (Å²) in [6.45, 7) is 2.21. The average Bonchev–Trinajstić information content (AvgIpc) is 2.73. The molecule has 0 unspecified atom stereocenters. The van der Waals surface area contributed by atoms with Crippen molar-refractivity contribution >= 4 is 11.0 Å². The van der Waals surface area contributed by atoms with Crippen molar-refractivity contribution in [2.24, 2.45) is 5.92 Å². The summed E-state index contributed by atoms with van der Waals surface area (Å²) in [7, 11) is 0. The molecule has 0 atom stereocenters. The van der Waals surface area contributed by atoms with Gasteiger partial charge in [0.2, 0.25) is 0 Å². The molecule has 0 spiro atoms. The standard InChI is InChI=1S/C14H16FNO/c15-12-1-2-13-11(9-17-14(13)8-12)7-10-3-5-16-6-4-10/h1-2,8-10,16H,3-7H2. The Hall–Kier alpha value is -1.35. The van der Waals surface area contributed by atoms with E-state index < -0.39 is 0 Å². The molecule has 1 aromatic carbocycles.